The predicted octanol–water partition coefficient (Wildman–Crippen LogP) is 5.20. The number of hydrogen-bond acceptors (Lipinski definition) is 7. The number of aromatic nitrogens is 5. The van der Waals surface area contributed by atoms with E-state index in [1.165, 1.54) is 11.8 Å². The largest absolute Gasteiger partial charge is 0.350 e. The van der Waals surface area contributed by atoms with Crippen LogP contribution < -0.4 is 10.2 Å². The van der Waals surface area contributed by atoms with Gasteiger partial charge in [-0.25, -0.2) is 14.4 Å². The Balaban J connectivity index is 1.30. The summed E-state index contributed by atoms with van der Waals surface area (Å²) in [6, 6.07) is 14.0. The zero-order valence-electron chi connectivity index (χ0n) is 18.5. The highest BCUT2D eigenvalue weighted by atomic mass is 32.2. The van der Waals surface area contributed by atoms with E-state index in [9.17, 15) is 4.39 Å². The van der Waals surface area contributed by atoms with Crippen molar-refractivity contribution in [3.8, 4) is 0 Å². The van der Waals surface area contributed by atoms with Gasteiger partial charge in [-0.15, -0.1) is 0 Å². The van der Waals surface area contributed by atoms with Crippen LogP contribution in [0.1, 0.15) is 24.2 Å². The van der Waals surface area contributed by atoms with Gasteiger partial charge < -0.3 is 10.2 Å². The summed E-state index contributed by atoms with van der Waals surface area (Å²) in [5, 5.41) is 12.1. The van der Waals surface area contributed by atoms with Crippen molar-refractivity contribution in [1.29, 1.82) is 0 Å². The first-order valence-electron chi connectivity index (χ1n) is 11.1. The summed E-state index contributed by atoms with van der Waals surface area (Å²) < 4.78 is 15.0. The van der Waals surface area contributed by atoms with Gasteiger partial charge in [0.25, 0.3) is 0 Å². The highest BCUT2D eigenvalue weighted by Crippen LogP contribution is 2.48. The summed E-state index contributed by atoms with van der Waals surface area (Å²) in [5.74, 6) is 2.34. The molecule has 1 aliphatic heterocycles. The Morgan fingerprint density at radius 1 is 1.03 bits per heavy atom. The monoisotopic (exact) mass is 461 g/mol. The molecule has 7 nitrogen and oxygen atoms in total. The Kier molecular flexibility index (Phi) is 4.76. The number of aromatic amines is 1. The van der Waals surface area contributed by atoms with Crippen molar-refractivity contribution in [1.82, 2.24) is 25.1 Å². The van der Waals surface area contributed by atoms with Crippen LogP contribution in [0, 0.1) is 19.8 Å². The molecule has 0 unspecified atom stereocenters. The number of anilines is 3. The summed E-state index contributed by atoms with van der Waals surface area (Å²) in [5.41, 5.74) is 1.77. The van der Waals surface area contributed by atoms with Gasteiger partial charge in [-0.05, 0) is 68.6 Å². The van der Waals surface area contributed by atoms with E-state index in [-0.39, 0.29) is 5.92 Å². The molecule has 1 aliphatic carbocycles. The molecule has 1 aromatic carbocycles. The molecule has 1 saturated carbocycles. The second-order valence-electron chi connectivity index (χ2n) is 9.02. The van der Waals surface area contributed by atoms with E-state index in [0.717, 1.165) is 51.7 Å². The van der Waals surface area contributed by atoms with Crippen molar-refractivity contribution in [2.75, 3.05) is 23.3 Å². The first-order valence-corrected chi connectivity index (χ1v) is 11.9. The maximum atomic E-state index is 15.0. The van der Waals surface area contributed by atoms with E-state index in [2.05, 4.69) is 32.6 Å². The van der Waals surface area contributed by atoms with Crippen molar-refractivity contribution in [2.24, 2.45) is 5.92 Å². The van der Waals surface area contributed by atoms with Crippen LogP contribution in [0.3, 0.4) is 0 Å². The van der Waals surface area contributed by atoms with Crippen LogP contribution in [0.25, 0.3) is 10.9 Å². The highest BCUT2D eigenvalue weighted by Gasteiger charge is 2.54. The Labute approximate surface area is 195 Å². The molecule has 4 heterocycles. The van der Waals surface area contributed by atoms with Gasteiger partial charge in [0.2, 0.25) is 0 Å². The number of nitrogens with one attached hydrogen (secondary N) is 2. The van der Waals surface area contributed by atoms with Crippen molar-refractivity contribution >= 4 is 40.1 Å². The number of aryl methyl sites for hydroxylation is 2. The fourth-order valence-corrected chi connectivity index (χ4v) is 5.11. The van der Waals surface area contributed by atoms with Gasteiger partial charge in [0.15, 0.2) is 5.16 Å². The number of H-pyrrole nitrogens is 1. The van der Waals surface area contributed by atoms with Crippen molar-refractivity contribution in [3.05, 3.63) is 53.9 Å². The number of rotatable bonds is 6. The number of hydrogen-bond donors (Lipinski definition) is 2. The number of benzene rings is 1. The lowest BCUT2D eigenvalue weighted by Crippen LogP contribution is -2.60. The lowest BCUT2D eigenvalue weighted by atomic mass is 9.91. The summed E-state index contributed by atoms with van der Waals surface area (Å²) in [7, 11) is 0. The van der Waals surface area contributed by atoms with E-state index in [1.807, 2.05) is 49.1 Å². The van der Waals surface area contributed by atoms with E-state index >= 15 is 0 Å². The molecule has 2 aliphatic rings. The van der Waals surface area contributed by atoms with E-state index < -0.39 is 5.67 Å². The average Bonchev–Trinajstić information content (AvgIpc) is 3.54. The highest BCUT2D eigenvalue weighted by molar-refractivity contribution is 7.99. The molecule has 4 aromatic rings. The minimum atomic E-state index is -1.07. The number of nitrogens with zero attached hydrogens (tertiary/aromatic N) is 5. The zero-order chi connectivity index (χ0) is 22.6. The predicted molar refractivity (Wildman–Crippen MR) is 128 cm³/mol. The molecule has 0 atom stereocenters. The lowest BCUT2D eigenvalue weighted by Gasteiger charge is -2.45. The molecular formula is C24H24FN7S. The average molecular weight is 462 g/mol. The molecule has 33 heavy (non-hydrogen) atoms. The first-order chi connectivity index (χ1) is 15.9. The van der Waals surface area contributed by atoms with Crippen molar-refractivity contribution in [3.63, 3.8) is 0 Å². The van der Waals surface area contributed by atoms with Crippen LogP contribution in [0.5, 0.6) is 0 Å². The molecule has 0 radical (unpaired) electrons. The quantitative estimate of drug-likeness (QED) is 0.382. The van der Waals surface area contributed by atoms with Crippen LogP contribution >= 0.6 is 11.8 Å². The zero-order valence-corrected chi connectivity index (χ0v) is 19.3. The smallest absolute Gasteiger partial charge is 0.196 e. The number of halogens is 1. The fraction of sp³-hybridized carbons (Fsp3) is 0.333. The molecule has 168 valence electrons. The third-order valence-corrected chi connectivity index (χ3v) is 7.07. The SMILES string of the molecule is Cc1cc(Nc2cc(N3CC(F)(C4CC4)C3)nc(Sc3ccc4nc(C)ccc4c3)n2)[nH]n1. The lowest BCUT2D eigenvalue weighted by molar-refractivity contribution is 0.0924. The molecular weight excluding hydrogens is 437 g/mol. The van der Waals surface area contributed by atoms with Crippen LogP contribution in [0.4, 0.5) is 21.8 Å². The van der Waals surface area contributed by atoms with Gasteiger partial charge in [-0.3, -0.25) is 10.1 Å². The molecule has 0 spiro atoms. The molecule has 6 rings (SSSR count). The Bertz CT molecular complexity index is 1340. The Hall–Kier alpha value is -3.20. The maximum absolute atomic E-state index is 15.0. The fourth-order valence-electron chi connectivity index (χ4n) is 4.29. The molecule has 1 saturated heterocycles. The first kappa shape index (κ1) is 20.4. The Morgan fingerprint density at radius 3 is 2.64 bits per heavy atom. The van der Waals surface area contributed by atoms with Crippen LogP contribution in [-0.4, -0.2) is 43.9 Å². The normalized spacial score (nSPS) is 17.2. The van der Waals surface area contributed by atoms with E-state index in [0.29, 0.717) is 24.1 Å². The Morgan fingerprint density at radius 2 is 1.88 bits per heavy atom. The maximum Gasteiger partial charge on any atom is 0.196 e. The van der Waals surface area contributed by atoms with Crippen LogP contribution in [0.2, 0.25) is 0 Å². The van der Waals surface area contributed by atoms with Gasteiger partial charge in [0, 0.05) is 28.1 Å². The topological polar surface area (TPSA) is 82.6 Å². The third-order valence-electron chi connectivity index (χ3n) is 6.21. The molecule has 3 aromatic heterocycles. The van der Waals surface area contributed by atoms with Gasteiger partial charge >= 0.3 is 0 Å². The van der Waals surface area contributed by atoms with Crippen molar-refractivity contribution in [2.45, 2.75) is 42.4 Å². The van der Waals surface area contributed by atoms with Crippen LogP contribution in [-0.2, 0) is 0 Å². The second kappa shape index (κ2) is 7.69. The van der Waals surface area contributed by atoms with E-state index in [1.54, 1.807) is 0 Å². The molecule has 0 bridgehead atoms. The van der Waals surface area contributed by atoms with Gasteiger partial charge in [-0.1, -0.05) is 6.07 Å². The van der Waals surface area contributed by atoms with Gasteiger partial charge in [0.1, 0.15) is 23.1 Å². The summed E-state index contributed by atoms with van der Waals surface area (Å²) >= 11 is 1.49. The summed E-state index contributed by atoms with van der Waals surface area (Å²) in [4.78, 5) is 17.1. The van der Waals surface area contributed by atoms with Crippen LogP contribution in [0.15, 0.2) is 52.5 Å². The standard InChI is InChI=1S/C24H24FN7S/c1-14-3-4-16-10-18(7-8-19(16)26-14)33-23-28-20(27-21-9-15(2)30-31-21)11-22(29-23)32-12-24(25,13-32)17-5-6-17/h3-4,7-11,17H,5-6,12-13H2,1-2H3,(H2,27,28,29,30,31). The van der Waals surface area contributed by atoms with Gasteiger partial charge in [0.05, 0.1) is 24.3 Å². The van der Waals surface area contributed by atoms with Gasteiger partial charge in [-0.2, -0.15) is 5.10 Å². The third kappa shape index (κ3) is 4.13. The molecule has 9 heteroatoms. The van der Waals surface area contributed by atoms with Crippen molar-refractivity contribution < 1.29 is 4.39 Å². The molecule has 0 amide bonds. The summed E-state index contributed by atoms with van der Waals surface area (Å²) in [6.45, 7) is 4.69. The molecule has 2 N–H and O–H groups in total. The minimum Gasteiger partial charge on any atom is -0.350 e. The minimum absolute atomic E-state index is 0.213. The number of pyridine rings is 1. The second-order valence-corrected chi connectivity index (χ2v) is 10.1. The van der Waals surface area contributed by atoms with E-state index in [4.69, 9.17) is 9.97 Å². The number of alkyl halides is 1. The number of fused-ring (bicyclic) bond motifs is 1. The molecule has 2 fully saturated rings. The summed E-state index contributed by atoms with van der Waals surface area (Å²) in [6.07, 6.45) is 2.00.